The standard InChI is InChI=1S/C27H23N9O2/c28-27-31-15-20(16-32-27)24-34-22-12-19(14-30-23(22)25(35-24)36-7-9-38-10-8-36)17-3-1-5-21(11-17)33-26(37)18-4-2-6-29-13-18/h1-6,11-16H,7-10H2,(H,33,37)(H2,28,31,32). The normalized spacial score (nSPS) is 13.4. The Kier molecular flexibility index (Phi) is 6.24. The molecule has 1 aromatic carbocycles. The highest BCUT2D eigenvalue weighted by atomic mass is 16.5. The lowest BCUT2D eigenvalue weighted by Gasteiger charge is -2.28. The number of nitrogens with zero attached hydrogens (tertiary/aromatic N) is 7. The number of morpholine rings is 1. The van der Waals surface area contributed by atoms with Crippen molar-refractivity contribution in [2.75, 3.05) is 42.3 Å². The average molecular weight is 506 g/mol. The van der Waals surface area contributed by atoms with Gasteiger partial charge in [0.15, 0.2) is 11.6 Å². The van der Waals surface area contributed by atoms with Crippen molar-refractivity contribution in [2.24, 2.45) is 0 Å². The summed E-state index contributed by atoms with van der Waals surface area (Å²) in [6, 6.07) is 13.0. The highest BCUT2D eigenvalue weighted by molar-refractivity contribution is 6.04. The van der Waals surface area contributed by atoms with Gasteiger partial charge in [0.2, 0.25) is 5.95 Å². The van der Waals surface area contributed by atoms with Gasteiger partial charge < -0.3 is 20.7 Å². The third-order valence-corrected chi connectivity index (χ3v) is 6.14. The molecule has 6 rings (SSSR count). The van der Waals surface area contributed by atoms with Gasteiger partial charge in [-0.2, -0.15) is 0 Å². The highest BCUT2D eigenvalue weighted by Gasteiger charge is 2.20. The molecular weight excluding hydrogens is 482 g/mol. The van der Waals surface area contributed by atoms with E-state index in [0.717, 1.165) is 16.9 Å². The lowest BCUT2D eigenvalue weighted by atomic mass is 10.1. The first-order valence-electron chi connectivity index (χ1n) is 12.0. The summed E-state index contributed by atoms with van der Waals surface area (Å²) in [4.78, 5) is 41.3. The molecule has 1 amide bonds. The Hall–Kier alpha value is -5.03. The van der Waals surface area contributed by atoms with Gasteiger partial charge in [-0.25, -0.2) is 19.9 Å². The van der Waals surface area contributed by atoms with Gasteiger partial charge in [-0.05, 0) is 35.9 Å². The number of fused-ring (bicyclic) bond motifs is 1. The van der Waals surface area contributed by atoms with E-state index in [1.807, 2.05) is 30.3 Å². The first-order valence-corrected chi connectivity index (χ1v) is 12.0. The van der Waals surface area contributed by atoms with E-state index < -0.39 is 0 Å². The lowest BCUT2D eigenvalue weighted by molar-refractivity contribution is 0.102. The van der Waals surface area contributed by atoms with Crippen molar-refractivity contribution < 1.29 is 9.53 Å². The summed E-state index contributed by atoms with van der Waals surface area (Å²) in [6.45, 7) is 2.63. The minimum atomic E-state index is -0.231. The monoisotopic (exact) mass is 505 g/mol. The number of nitrogen functional groups attached to an aromatic ring is 1. The summed E-state index contributed by atoms with van der Waals surface area (Å²) >= 11 is 0. The summed E-state index contributed by atoms with van der Waals surface area (Å²) in [5.74, 6) is 1.16. The van der Waals surface area contributed by atoms with Crippen molar-refractivity contribution in [3.05, 3.63) is 79.0 Å². The maximum Gasteiger partial charge on any atom is 0.257 e. The van der Waals surface area contributed by atoms with E-state index in [1.165, 1.54) is 6.20 Å². The Bertz CT molecular complexity index is 1610. The number of nitrogens with one attached hydrogen (secondary N) is 1. The summed E-state index contributed by atoms with van der Waals surface area (Å²) < 4.78 is 5.53. The van der Waals surface area contributed by atoms with Gasteiger partial charge in [0.05, 0.1) is 29.9 Å². The number of nitrogens with two attached hydrogens (primary N) is 1. The molecular formula is C27H23N9O2. The van der Waals surface area contributed by atoms with Crippen LogP contribution in [0.25, 0.3) is 33.5 Å². The van der Waals surface area contributed by atoms with Gasteiger partial charge in [0.25, 0.3) is 5.91 Å². The molecule has 11 nitrogen and oxygen atoms in total. The zero-order valence-electron chi connectivity index (χ0n) is 20.3. The zero-order chi connectivity index (χ0) is 25.9. The van der Waals surface area contributed by atoms with E-state index in [-0.39, 0.29) is 11.9 Å². The summed E-state index contributed by atoms with van der Waals surface area (Å²) in [5.41, 5.74) is 10.6. The Morgan fingerprint density at radius 1 is 0.895 bits per heavy atom. The maximum absolute atomic E-state index is 12.6. The summed E-state index contributed by atoms with van der Waals surface area (Å²) in [5, 5.41) is 2.93. The predicted molar refractivity (Wildman–Crippen MR) is 143 cm³/mol. The summed E-state index contributed by atoms with van der Waals surface area (Å²) in [6.07, 6.45) is 8.17. The Morgan fingerprint density at radius 2 is 1.71 bits per heavy atom. The molecule has 0 saturated carbocycles. The fourth-order valence-electron chi connectivity index (χ4n) is 4.22. The van der Waals surface area contributed by atoms with Crippen LogP contribution in [0.3, 0.4) is 0 Å². The molecule has 0 aliphatic carbocycles. The molecule has 11 heteroatoms. The molecule has 0 atom stereocenters. The molecule has 1 aliphatic heterocycles. The van der Waals surface area contributed by atoms with E-state index in [0.29, 0.717) is 60.0 Å². The number of carbonyl (C=O) groups excluding carboxylic acids is 1. The van der Waals surface area contributed by atoms with E-state index in [1.54, 1.807) is 36.9 Å². The Morgan fingerprint density at radius 3 is 2.50 bits per heavy atom. The molecule has 0 bridgehead atoms. The van der Waals surface area contributed by atoms with Gasteiger partial charge in [-0.1, -0.05) is 12.1 Å². The summed E-state index contributed by atoms with van der Waals surface area (Å²) in [7, 11) is 0. The van der Waals surface area contributed by atoms with Crippen molar-refractivity contribution in [2.45, 2.75) is 0 Å². The molecule has 188 valence electrons. The molecule has 0 radical (unpaired) electrons. The smallest absolute Gasteiger partial charge is 0.257 e. The minimum Gasteiger partial charge on any atom is -0.378 e. The number of hydrogen-bond acceptors (Lipinski definition) is 10. The number of pyridine rings is 2. The Balaban J connectivity index is 1.39. The first kappa shape index (κ1) is 23.4. The zero-order valence-corrected chi connectivity index (χ0v) is 20.3. The minimum absolute atomic E-state index is 0.183. The third kappa shape index (κ3) is 4.82. The lowest BCUT2D eigenvalue weighted by Crippen LogP contribution is -2.37. The van der Waals surface area contributed by atoms with Crippen LogP contribution in [0, 0.1) is 0 Å². The second-order valence-electron chi connectivity index (χ2n) is 8.67. The van der Waals surface area contributed by atoms with Crippen molar-refractivity contribution in [3.63, 3.8) is 0 Å². The van der Waals surface area contributed by atoms with Crippen LogP contribution in [0.15, 0.2) is 73.4 Å². The first-order chi connectivity index (χ1) is 18.6. The van der Waals surface area contributed by atoms with Gasteiger partial charge in [-0.15, -0.1) is 0 Å². The van der Waals surface area contributed by atoms with Crippen LogP contribution in [0.2, 0.25) is 0 Å². The molecule has 5 aromatic rings. The van der Waals surface area contributed by atoms with E-state index in [9.17, 15) is 4.79 Å². The molecule has 1 aliphatic rings. The third-order valence-electron chi connectivity index (χ3n) is 6.14. The maximum atomic E-state index is 12.6. The van der Waals surface area contributed by atoms with E-state index in [4.69, 9.17) is 25.4 Å². The quantitative estimate of drug-likeness (QED) is 0.365. The second kappa shape index (κ2) is 10.1. The fourth-order valence-corrected chi connectivity index (χ4v) is 4.22. The van der Waals surface area contributed by atoms with Gasteiger partial charge in [0.1, 0.15) is 5.52 Å². The van der Waals surface area contributed by atoms with Crippen molar-refractivity contribution in [1.29, 1.82) is 0 Å². The number of carbonyl (C=O) groups is 1. The Labute approximate surface area is 217 Å². The number of aromatic nitrogens is 6. The van der Waals surface area contributed by atoms with Crippen molar-refractivity contribution in [3.8, 4) is 22.5 Å². The van der Waals surface area contributed by atoms with Crippen LogP contribution in [0.1, 0.15) is 10.4 Å². The second-order valence-corrected chi connectivity index (χ2v) is 8.67. The van der Waals surface area contributed by atoms with Crippen molar-refractivity contribution in [1.82, 2.24) is 29.9 Å². The highest BCUT2D eigenvalue weighted by Crippen LogP contribution is 2.30. The van der Waals surface area contributed by atoms with Gasteiger partial charge in [-0.3, -0.25) is 14.8 Å². The number of ether oxygens (including phenoxy) is 1. The molecule has 0 spiro atoms. The van der Waals surface area contributed by atoms with Crippen LogP contribution >= 0.6 is 0 Å². The SMILES string of the molecule is Nc1ncc(-c2nc(N3CCOCC3)c3ncc(-c4cccc(NC(=O)c5cccnc5)c4)cc3n2)cn1. The van der Waals surface area contributed by atoms with E-state index >= 15 is 0 Å². The molecule has 1 saturated heterocycles. The number of hydrogen-bond donors (Lipinski definition) is 2. The van der Waals surface area contributed by atoms with Crippen molar-refractivity contribution >= 4 is 34.4 Å². The molecule has 38 heavy (non-hydrogen) atoms. The topological polar surface area (TPSA) is 145 Å². The fraction of sp³-hybridized carbons (Fsp3) is 0.148. The largest absolute Gasteiger partial charge is 0.378 e. The van der Waals surface area contributed by atoms with Crippen LogP contribution in [-0.2, 0) is 4.74 Å². The molecule has 3 N–H and O–H groups in total. The van der Waals surface area contributed by atoms with E-state index in [2.05, 4.69) is 25.2 Å². The number of amides is 1. The molecule has 1 fully saturated rings. The predicted octanol–water partition coefficient (Wildman–Crippen LogP) is 3.21. The molecule has 4 aromatic heterocycles. The van der Waals surface area contributed by atoms with Crippen LogP contribution < -0.4 is 16.0 Å². The average Bonchev–Trinajstić information content (AvgIpc) is 2.97. The van der Waals surface area contributed by atoms with Crippen LogP contribution in [0.5, 0.6) is 0 Å². The number of anilines is 3. The van der Waals surface area contributed by atoms with Crippen LogP contribution in [-0.4, -0.2) is 62.1 Å². The number of benzene rings is 1. The van der Waals surface area contributed by atoms with Gasteiger partial charge in [0, 0.05) is 55.3 Å². The molecule has 5 heterocycles. The number of rotatable bonds is 5. The molecule has 0 unspecified atom stereocenters. The van der Waals surface area contributed by atoms with Gasteiger partial charge >= 0.3 is 0 Å². The van der Waals surface area contributed by atoms with Crippen LogP contribution in [0.4, 0.5) is 17.5 Å².